The number of rotatable bonds is 7. The first-order chi connectivity index (χ1) is 9.83. The zero-order chi connectivity index (χ0) is 14.2. The lowest BCUT2D eigenvalue weighted by Gasteiger charge is -2.11. The molecule has 20 heavy (non-hydrogen) atoms. The van der Waals surface area contributed by atoms with Gasteiger partial charge in [-0.15, -0.1) is 0 Å². The van der Waals surface area contributed by atoms with Crippen molar-refractivity contribution in [3.63, 3.8) is 0 Å². The Morgan fingerprint density at radius 3 is 2.65 bits per heavy atom. The molecule has 0 saturated heterocycles. The van der Waals surface area contributed by atoms with E-state index in [0.29, 0.717) is 6.61 Å². The predicted octanol–water partition coefficient (Wildman–Crippen LogP) is 3.19. The van der Waals surface area contributed by atoms with Crippen molar-refractivity contribution >= 4 is 5.82 Å². The molecule has 0 aliphatic heterocycles. The van der Waals surface area contributed by atoms with E-state index < -0.39 is 0 Å². The minimum absolute atomic E-state index is 0.651. The van der Waals surface area contributed by atoms with Crippen LogP contribution in [-0.2, 0) is 24.3 Å². The molecule has 0 radical (unpaired) electrons. The van der Waals surface area contributed by atoms with E-state index in [1.807, 2.05) is 25.1 Å². The zero-order valence-electron chi connectivity index (χ0n) is 12.1. The molecule has 1 heterocycles. The van der Waals surface area contributed by atoms with E-state index in [1.54, 1.807) is 6.33 Å². The molecule has 1 aromatic heterocycles. The second kappa shape index (κ2) is 7.60. The SMILES string of the molecule is CCOCc1ccccc1CNc1cc(CC)ncn1. The van der Waals surface area contributed by atoms with Crippen LogP contribution in [0.3, 0.4) is 0 Å². The summed E-state index contributed by atoms with van der Waals surface area (Å²) in [6.07, 6.45) is 2.52. The van der Waals surface area contributed by atoms with Crippen LogP contribution in [-0.4, -0.2) is 16.6 Å². The van der Waals surface area contributed by atoms with E-state index in [-0.39, 0.29) is 0 Å². The molecule has 0 fully saturated rings. The molecule has 0 atom stereocenters. The van der Waals surface area contributed by atoms with Crippen molar-refractivity contribution in [1.82, 2.24) is 9.97 Å². The van der Waals surface area contributed by atoms with E-state index in [2.05, 4.69) is 34.3 Å². The molecule has 0 saturated carbocycles. The Hall–Kier alpha value is -1.94. The Morgan fingerprint density at radius 2 is 1.90 bits per heavy atom. The third-order valence-corrected chi connectivity index (χ3v) is 3.13. The van der Waals surface area contributed by atoms with Gasteiger partial charge >= 0.3 is 0 Å². The Kier molecular flexibility index (Phi) is 5.50. The van der Waals surface area contributed by atoms with Crippen LogP contribution in [0.4, 0.5) is 5.82 Å². The van der Waals surface area contributed by atoms with Gasteiger partial charge in [0, 0.05) is 24.9 Å². The molecule has 1 N–H and O–H groups in total. The molecular formula is C16H21N3O. The van der Waals surface area contributed by atoms with E-state index in [9.17, 15) is 0 Å². The van der Waals surface area contributed by atoms with Crippen molar-refractivity contribution in [2.45, 2.75) is 33.4 Å². The number of nitrogens with zero attached hydrogens (tertiary/aromatic N) is 2. The lowest BCUT2D eigenvalue weighted by atomic mass is 10.1. The van der Waals surface area contributed by atoms with Gasteiger partial charge in [0.2, 0.25) is 0 Å². The first kappa shape index (κ1) is 14.5. The fraction of sp³-hybridized carbons (Fsp3) is 0.375. The van der Waals surface area contributed by atoms with Crippen LogP contribution in [0, 0.1) is 0 Å². The van der Waals surface area contributed by atoms with Gasteiger partial charge < -0.3 is 10.1 Å². The average Bonchev–Trinajstić information content (AvgIpc) is 2.52. The van der Waals surface area contributed by atoms with Gasteiger partial charge in [-0.2, -0.15) is 0 Å². The quantitative estimate of drug-likeness (QED) is 0.840. The Labute approximate surface area is 120 Å². The van der Waals surface area contributed by atoms with E-state index in [0.717, 1.165) is 31.1 Å². The second-order valence-electron chi connectivity index (χ2n) is 4.51. The summed E-state index contributed by atoms with van der Waals surface area (Å²) in [6, 6.07) is 10.3. The number of anilines is 1. The summed E-state index contributed by atoms with van der Waals surface area (Å²) < 4.78 is 5.50. The number of benzene rings is 1. The smallest absolute Gasteiger partial charge is 0.129 e. The summed E-state index contributed by atoms with van der Waals surface area (Å²) in [6.45, 7) is 6.22. The lowest BCUT2D eigenvalue weighted by Crippen LogP contribution is -2.06. The van der Waals surface area contributed by atoms with Crippen LogP contribution in [0.5, 0.6) is 0 Å². The molecule has 106 valence electrons. The van der Waals surface area contributed by atoms with Crippen LogP contribution in [0.25, 0.3) is 0 Å². The van der Waals surface area contributed by atoms with Crippen LogP contribution < -0.4 is 5.32 Å². The molecule has 4 heteroatoms. The lowest BCUT2D eigenvalue weighted by molar-refractivity contribution is 0.133. The minimum Gasteiger partial charge on any atom is -0.377 e. The maximum atomic E-state index is 5.50. The van der Waals surface area contributed by atoms with Gasteiger partial charge in [-0.3, -0.25) is 0 Å². The Balaban J connectivity index is 2.02. The van der Waals surface area contributed by atoms with Gasteiger partial charge in [0.05, 0.1) is 6.61 Å². The van der Waals surface area contributed by atoms with Crippen molar-refractivity contribution < 1.29 is 4.74 Å². The summed E-state index contributed by atoms with van der Waals surface area (Å²) >= 11 is 0. The van der Waals surface area contributed by atoms with E-state index in [4.69, 9.17) is 4.74 Å². The number of hydrogen-bond acceptors (Lipinski definition) is 4. The number of nitrogens with one attached hydrogen (secondary N) is 1. The molecule has 0 aliphatic rings. The fourth-order valence-electron chi connectivity index (χ4n) is 1.96. The van der Waals surface area contributed by atoms with Gasteiger partial charge in [-0.05, 0) is 24.5 Å². The highest BCUT2D eigenvalue weighted by molar-refractivity contribution is 5.37. The van der Waals surface area contributed by atoms with Crippen LogP contribution in [0.1, 0.15) is 30.7 Å². The number of aromatic nitrogens is 2. The minimum atomic E-state index is 0.651. The van der Waals surface area contributed by atoms with Crippen molar-refractivity contribution in [2.75, 3.05) is 11.9 Å². The summed E-state index contributed by atoms with van der Waals surface area (Å²) in [4.78, 5) is 8.44. The van der Waals surface area contributed by atoms with Crippen LogP contribution >= 0.6 is 0 Å². The number of hydrogen-bond donors (Lipinski definition) is 1. The summed E-state index contributed by atoms with van der Waals surface area (Å²) in [5, 5.41) is 3.35. The van der Waals surface area contributed by atoms with Crippen molar-refractivity contribution in [3.05, 3.63) is 53.5 Å². The highest BCUT2D eigenvalue weighted by Crippen LogP contribution is 2.13. The number of ether oxygens (including phenoxy) is 1. The normalized spacial score (nSPS) is 10.5. The van der Waals surface area contributed by atoms with Crippen molar-refractivity contribution in [2.24, 2.45) is 0 Å². The average molecular weight is 271 g/mol. The third-order valence-electron chi connectivity index (χ3n) is 3.13. The monoisotopic (exact) mass is 271 g/mol. The molecular weight excluding hydrogens is 250 g/mol. The first-order valence-corrected chi connectivity index (χ1v) is 7.02. The summed E-state index contributed by atoms with van der Waals surface area (Å²) in [5.41, 5.74) is 3.49. The predicted molar refractivity (Wildman–Crippen MR) is 80.5 cm³/mol. The van der Waals surface area contributed by atoms with Crippen LogP contribution in [0.2, 0.25) is 0 Å². The van der Waals surface area contributed by atoms with E-state index in [1.165, 1.54) is 11.1 Å². The van der Waals surface area contributed by atoms with Gasteiger partial charge in [0.25, 0.3) is 0 Å². The summed E-state index contributed by atoms with van der Waals surface area (Å²) in [5.74, 6) is 0.864. The summed E-state index contributed by atoms with van der Waals surface area (Å²) in [7, 11) is 0. The largest absolute Gasteiger partial charge is 0.377 e. The molecule has 2 aromatic rings. The van der Waals surface area contributed by atoms with Gasteiger partial charge in [0.1, 0.15) is 12.1 Å². The molecule has 0 spiro atoms. The van der Waals surface area contributed by atoms with Crippen LogP contribution in [0.15, 0.2) is 36.7 Å². The van der Waals surface area contributed by atoms with Gasteiger partial charge in [-0.1, -0.05) is 31.2 Å². The maximum Gasteiger partial charge on any atom is 0.129 e. The molecule has 0 bridgehead atoms. The zero-order valence-corrected chi connectivity index (χ0v) is 12.1. The van der Waals surface area contributed by atoms with Crippen molar-refractivity contribution in [1.29, 1.82) is 0 Å². The first-order valence-electron chi connectivity index (χ1n) is 7.02. The fourth-order valence-corrected chi connectivity index (χ4v) is 1.96. The molecule has 4 nitrogen and oxygen atoms in total. The van der Waals surface area contributed by atoms with Gasteiger partial charge in [0.15, 0.2) is 0 Å². The molecule has 2 rings (SSSR count). The van der Waals surface area contributed by atoms with E-state index >= 15 is 0 Å². The highest BCUT2D eigenvalue weighted by atomic mass is 16.5. The van der Waals surface area contributed by atoms with Crippen molar-refractivity contribution in [3.8, 4) is 0 Å². The Morgan fingerprint density at radius 1 is 1.10 bits per heavy atom. The molecule has 0 amide bonds. The molecule has 0 aliphatic carbocycles. The third kappa shape index (κ3) is 4.03. The Bertz CT molecular complexity index is 543. The topological polar surface area (TPSA) is 47.0 Å². The number of aryl methyl sites for hydroxylation is 1. The standard InChI is InChI=1S/C16H21N3O/c1-3-15-9-16(19-12-18-15)17-10-13-7-5-6-8-14(13)11-20-4-2/h5-9,12H,3-4,10-11H2,1-2H3,(H,17,18,19). The van der Waals surface area contributed by atoms with Gasteiger partial charge in [-0.25, -0.2) is 9.97 Å². The molecule has 0 unspecified atom stereocenters. The second-order valence-corrected chi connectivity index (χ2v) is 4.51. The highest BCUT2D eigenvalue weighted by Gasteiger charge is 2.03. The molecule has 1 aromatic carbocycles. The maximum absolute atomic E-state index is 5.50.